The number of hydrogen-bond acceptors (Lipinski definition) is 6. The van der Waals surface area contributed by atoms with Gasteiger partial charge in [-0.15, -0.1) is 11.8 Å². The van der Waals surface area contributed by atoms with Crippen LogP contribution < -0.4 is 5.32 Å². The molecule has 1 unspecified atom stereocenters. The van der Waals surface area contributed by atoms with E-state index in [1.165, 1.54) is 4.90 Å². The third kappa shape index (κ3) is 4.68. The van der Waals surface area contributed by atoms with Crippen LogP contribution in [-0.2, 0) is 4.74 Å². The highest BCUT2D eigenvalue weighted by Crippen LogP contribution is 2.37. The van der Waals surface area contributed by atoms with Crippen LogP contribution >= 0.6 is 35.6 Å². The molecule has 0 amide bonds. The molecule has 1 aromatic heterocycles. The molecule has 0 saturated carbocycles. The second-order valence-electron chi connectivity index (χ2n) is 7.23. The Balaban J connectivity index is 1.77. The molecule has 0 bridgehead atoms. The molecule has 9 heteroatoms. The minimum Gasteiger partial charge on any atom is -0.383 e. The first-order chi connectivity index (χ1) is 15.5. The van der Waals surface area contributed by atoms with Crippen LogP contribution in [0.4, 0.5) is 0 Å². The molecule has 166 valence electrons. The monoisotopic (exact) mass is 486 g/mol. The lowest BCUT2D eigenvalue weighted by Gasteiger charge is -2.37. The Kier molecular flexibility index (Phi) is 7.15. The number of thioether (sulfide) groups is 1. The van der Waals surface area contributed by atoms with Gasteiger partial charge in [-0.2, -0.15) is 4.98 Å². The van der Waals surface area contributed by atoms with Crippen molar-refractivity contribution < 1.29 is 9.26 Å². The number of nitrogens with one attached hydrogen (secondary N) is 1. The van der Waals surface area contributed by atoms with Gasteiger partial charge in [-0.3, -0.25) is 0 Å². The number of allylic oxidation sites excluding steroid dienone is 1. The summed E-state index contributed by atoms with van der Waals surface area (Å²) in [4.78, 5) is 7.91. The minimum absolute atomic E-state index is 0.212. The minimum atomic E-state index is -0.212. The van der Waals surface area contributed by atoms with Gasteiger partial charge in [-0.25, -0.2) is 0 Å². The molecule has 0 spiro atoms. The Bertz CT molecular complexity index is 1130. The molecule has 6 nitrogen and oxygen atoms in total. The Morgan fingerprint density at radius 1 is 1.19 bits per heavy atom. The summed E-state index contributed by atoms with van der Waals surface area (Å²) in [7, 11) is 1.67. The standard InChI is InChI=1S/C23H23ClN4O2S2/c1-14-19(22-26-21(27-30-22)16-4-8-17(24)9-5-16)20(15-6-10-18(32-3)11-7-15)25-23(31)28(14)12-13-29-2/h4-11,20H,12-13H2,1-3H3,(H,25,31). The van der Waals surface area contributed by atoms with Crippen LogP contribution in [0.25, 0.3) is 17.0 Å². The normalized spacial score (nSPS) is 16.4. The molecule has 4 rings (SSSR count). The maximum Gasteiger partial charge on any atom is 0.258 e. The van der Waals surface area contributed by atoms with Gasteiger partial charge < -0.3 is 19.5 Å². The van der Waals surface area contributed by atoms with Crippen LogP contribution in [-0.4, -0.2) is 46.7 Å². The maximum absolute atomic E-state index is 6.02. The number of thiocarbonyl (C=S) groups is 1. The van der Waals surface area contributed by atoms with E-state index in [0.29, 0.717) is 35.0 Å². The number of rotatable bonds is 7. The zero-order valence-corrected chi connectivity index (χ0v) is 20.4. The second kappa shape index (κ2) is 10.0. The van der Waals surface area contributed by atoms with E-state index >= 15 is 0 Å². The SMILES string of the molecule is COCCN1C(=S)NC(c2ccc(SC)cc2)C(c2nc(-c3ccc(Cl)cc3)no2)=C1C. The zero-order chi connectivity index (χ0) is 22.7. The number of aromatic nitrogens is 2. The molecular weight excluding hydrogens is 464 g/mol. The van der Waals surface area contributed by atoms with Gasteiger partial charge in [-0.1, -0.05) is 28.9 Å². The van der Waals surface area contributed by atoms with E-state index in [1.807, 2.05) is 24.0 Å². The molecule has 0 radical (unpaired) electrons. The number of methoxy groups -OCH3 is 1. The van der Waals surface area contributed by atoms with Gasteiger partial charge in [0.25, 0.3) is 5.89 Å². The fourth-order valence-electron chi connectivity index (χ4n) is 3.61. The lowest BCUT2D eigenvalue weighted by molar-refractivity contribution is 0.183. The van der Waals surface area contributed by atoms with E-state index in [9.17, 15) is 0 Å². The molecule has 2 heterocycles. The molecule has 0 aliphatic carbocycles. The number of halogens is 1. The van der Waals surface area contributed by atoms with Crippen LogP contribution in [0, 0.1) is 0 Å². The van der Waals surface area contributed by atoms with Crippen molar-refractivity contribution in [3.8, 4) is 11.4 Å². The first-order valence-corrected chi connectivity index (χ1v) is 12.0. The summed E-state index contributed by atoms with van der Waals surface area (Å²) in [6.07, 6.45) is 2.06. The van der Waals surface area contributed by atoms with Crippen molar-refractivity contribution in [1.82, 2.24) is 20.4 Å². The molecule has 0 saturated heterocycles. The van der Waals surface area contributed by atoms with Gasteiger partial charge >= 0.3 is 0 Å². The van der Waals surface area contributed by atoms with Crippen LogP contribution in [0.2, 0.25) is 5.02 Å². The molecule has 32 heavy (non-hydrogen) atoms. The summed E-state index contributed by atoms with van der Waals surface area (Å²) in [6.45, 7) is 3.18. The summed E-state index contributed by atoms with van der Waals surface area (Å²) in [5.74, 6) is 0.953. The first-order valence-electron chi connectivity index (χ1n) is 10.0. The molecule has 1 aliphatic heterocycles. The third-order valence-electron chi connectivity index (χ3n) is 5.32. The van der Waals surface area contributed by atoms with Crippen molar-refractivity contribution in [2.75, 3.05) is 26.5 Å². The highest BCUT2D eigenvalue weighted by Gasteiger charge is 2.34. The highest BCUT2D eigenvalue weighted by atomic mass is 35.5. The molecule has 3 aromatic rings. The smallest absolute Gasteiger partial charge is 0.258 e. The predicted molar refractivity (Wildman–Crippen MR) is 133 cm³/mol. The Hall–Kier alpha value is -2.39. The second-order valence-corrected chi connectivity index (χ2v) is 8.93. The number of ether oxygens (including phenoxy) is 1. The van der Waals surface area contributed by atoms with E-state index in [0.717, 1.165) is 22.4 Å². The molecule has 1 aliphatic rings. The summed E-state index contributed by atoms with van der Waals surface area (Å²) < 4.78 is 11.0. The van der Waals surface area contributed by atoms with E-state index in [1.54, 1.807) is 31.0 Å². The fraction of sp³-hybridized carbons (Fsp3) is 0.261. The van der Waals surface area contributed by atoms with Crippen LogP contribution in [0.15, 0.2) is 63.6 Å². The van der Waals surface area contributed by atoms with Gasteiger partial charge in [0.1, 0.15) is 0 Å². The van der Waals surface area contributed by atoms with E-state index in [-0.39, 0.29) is 6.04 Å². The number of nitrogens with zero attached hydrogens (tertiary/aromatic N) is 3. The van der Waals surface area contributed by atoms with Gasteiger partial charge in [0.05, 0.1) is 18.2 Å². The number of benzene rings is 2. The lowest BCUT2D eigenvalue weighted by atomic mass is 9.95. The number of hydrogen-bond donors (Lipinski definition) is 1. The van der Waals surface area contributed by atoms with Crippen molar-refractivity contribution in [2.24, 2.45) is 0 Å². The summed E-state index contributed by atoms with van der Waals surface area (Å²) >= 11 is 13.4. The van der Waals surface area contributed by atoms with Crippen LogP contribution in [0.5, 0.6) is 0 Å². The summed E-state index contributed by atoms with van der Waals surface area (Å²) in [6, 6.07) is 15.5. The van der Waals surface area contributed by atoms with Crippen LogP contribution in [0.1, 0.15) is 24.4 Å². The zero-order valence-electron chi connectivity index (χ0n) is 18.0. The van der Waals surface area contributed by atoms with Crippen LogP contribution in [0.3, 0.4) is 0 Å². The van der Waals surface area contributed by atoms with E-state index in [2.05, 4.69) is 41.0 Å². The van der Waals surface area contributed by atoms with Crippen molar-refractivity contribution in [3.05, 3.63) is 70.7 Å². The summed E-state index contributed by atoms with van der Waals surface area (Å²) in [5.41, 5.74) is 3.74. The lowest BCUT2D eigenvalue weighted by Crippen LogP contribution is -2.47. The molecular formula is C23H23ClN4O2S2. The van der Waals surface area contributed by atoms with Gasteiger partial charge in [0.15, 0.2) is 5.11 Å². The predicted octanol–water partition coefficient (Wildman–Crippen LogP) is 5.42. The Morgan fingerprint density at radius 3 is 2.56 bits per heavy atom. The Morgan fingerprint density at radius 2 is 1.91 bits per heavy atom. The maximum atomic E-state index is 6.02. The third-order valence-corrected chi connectivity index (χ3v) is 6.66. The van der Waals surface area contributed by atoms with Gasteiger partial charge in [0, 0.05) is 34.8 Å². The van der Waals surface area contributed by atoms with Gasteiger partial charge in [0.2, 0.25) is 5.82 Å². The average Bonchev–Trinajstić information content (AvgIpc) is 3.29. The molecule has 2 aromatic carbocycles. The molecule has 1 atom stereocenters. The Labute approximate surface area is 202 Å². The topological polar surface area (TPSA) is 63.4 Å². The van der Waals surface area contributed by atoms with Gasteiger partial charge in [-0.05, 0) is 67.4 Å². The fourth-order valence-corrected chi connectivity index (χ4v) is 4.49. The highest BCUT2D eigenvalue weighted by molar-refractivity contribution is 7.98. The quantitative estimate of drug-likeness (QED) is 0.351. The van der Waals surface area contributed by atoms with Crippen molar-refractivity contribution in [3.63, 3.8) is 0 Å². The van der Waals surface area contributed by atoms with E-state index in [4.69, 9.17) is 38.1 Å². The largest absolute Gasteiger partial charge is 0.383 e. The first kappa shape index (κ1) is 22.8. The molecule has 0 fully saturated rings. The van der Waals surface area contributed by atoms with Crippen molar-refractivity contribution in [2.45, 2.75) is 17.9 Å². The average molecular weight is 487 g/mol. The summed E-state index contributed by atoms with van der Waals surface area (Å²) in [5, 5.41) is 8.97. The van der Waals surface area contributed by atoms with Crippen molar-refractivity contribution in [1.29, 1.82) is 0 Å². The van der Waals surface area contributed by atoms with Crippen molar-refractivity contribution >= 4 is 46.3 Å². The van der Waals surface area contributed by atoms with E-state index < -0.39 is 0 Å². The molecule has 1 N–H and O–H groups in total.